The van der Waals surface area contributed by atoms with E-state index >= 15 is 0 Å². The van der Waals surface area contributed by atoms with Gasteiger partial charge in [-0.15, -0.1) is 0 Å². The van der Waals surface area contributed by atoms with Crippen LogP contribution in [0.5, 0.6) is 0 Å². The Balaban J connectivity index is 1.09. The van der Waals surface area contributed by atoms with E-state index in [2.05, 4.69) is 169 Å². The monoisotopic (exact) mass is 589 g/mol. The highest BCUT2D eigenvalue weighted by molar-refractivity contribution is 6.10. The lowest BCUT2D eigenvalue weighted by molar-refractivity contribution is 0.595. The number of benzene rings is 7. The summed E-state index contributed by atoms with van der Waals surface area (Å²) in [7, 11) is 0. The Morgan fingerprint density at radius 1 is 0.500 bits per heavy atom. The molecule has 0 saturated carbocycles. The molecule has 9 rings (SSSR count). The number of rotatable bonds is 5. The molecule has 0 fully saturated rings. The fourth-order valence-electron chi connectivity index (χ4n) is 7.07. The summed E-state index contributed by atoms with van der Waals surface area (Å²) in [6.07, 6.45) is 6.42. The van der Waals surface area contributed by atoms with E-state index in [0.29, 0.717) is 0 Å². The van der Waals surface area contributed by atoms with Crippen molar-refractivity contribution in [3.05, 3.63) is 169 Å². The average Bonchev–Trinajstić information content (AvgIpc) is 3.52. The average molecular weight is 590 g/mol. The van der Waals surface area contributed by atoms with E-state index in [-0.39, 0.29) is 0 Å². The summed E-state index contributed by atoms with van der Waals surface area (Å²) in [4.78, 5) is 2.33. The Hall–Kier alpha value is -5.86. The molecule has 0 aliphatic heterocycles. The van der Waals surface area contributed by atoms with E-state index in [1.165, 1.54) is 54.7 Å². The zero-order valence-electron chi connectivity index (χ0n) is 25.4. The highest BCUT2D eigenvalue weighted by Gasteiger charge is 2.18. The summed E-state index contributed by atoms with van der Waals surface area (Å²) in [6.45, 7) is 0. The number of furan rings is 1. The maximum atomic E-state index is 6.23. The van der Waals surface area contributed by atoms with Gasteiger partial charge in [-0.05, 0) is 111 Å². The molecule has 0 bridgehead atoms. The Morgan fingerprint density at radius 2 is 1.15 bits per heavy atom. The molecular weight excluding hydrogens is 558 g/mol. The van der Waals surface area contributed by atoms with Gasteiger partial charge in [-0.25, -0.2) is 0 Å². The van der Waals surface area contributed by atoms with E-state index in [9.17, 15) is 0 Å². The fourth-order valence-corrected chi connectivity index (χ4v) is 7.07. The lowest BCUT2D eigenvalue weighted by Crippen LogP contribution is -2.09. The predicted octanol–water partition coefficient (Wildman–Crippen LogP) is 12.5. The molecule has 1 aliphatic carbocycles. The summed E-state index contributed by atoms with van der Waals surface area (Å²) < 4.78 is 6.23. The number of nitrogens with zero attached hydrogens (tertiary/aromatic N) is 1. The summed E-state index contributed by atoms with van der Waals surface area (Å²) in [6, 6.07) is 54.7. The Morgan fingerprint density at radius 3 is 1.98 bits per heavy atom. The molecule has 2 nitrogen and oxygen atoms in total. The van der Waals surface area contributed by atoms with Crippen LogP contribution in [0.1, 0.15) is 17.7 Å². The highest BCUT2D eigenvalue weighted by atomic mass is 16.3. The zero-order chi connectivity index (χ0) is 30.5. The van der Waals surface area contributed by atoms with Crippen molar-refractivity contribution in [3.8, 4) is 22.3 Å². The van der Waals surface area contributed by atoms with Crippen LogP contribution in [0.2, 0.25) is 0 Å². The molecule has 0 N–H and O–H groups in total. The first-order valence-electron chi connectivity index (χ1n) is 16.0. The summed E-state index contributed by atoms with van der Waals surface area (Å²) in [5.74, 6) is 1.01. The number of hydrogen-bond donors (Lipinski definition) is 0. The maximum absolute atomic E-state index is 6.23. The van der Waals surface area contributed by atoms with Crippen LogP contribution < -0.4 is 4.90 Å². The van der Waals surface area contributed by atoms with Crippen LogP contribution in [0.4, 0.5) is 17.1 Å². The molecule has 0 atom stereocenters. The molecule has 1 aliphatic rings. The molecule has 8 aromatic rings. The van der Waals surface area contributed by atoms with Gasteiger partial charge >= 0.3 is 0 Å². The van der Waals surface area contributed by atoms with Crippen molar-refractivity contribution in [2.45, 2.75) is 12.8 Å². The molecule has 7 aromatic carbocycles. The molecule has 0 amide bonds. The van der Waals surface area contributed by atoms with Crippen LogP contribution in [0.15, 0.2) is 162 Å². The van der Waals surface area contributed by atoms with Gasteiger partial charge in [0, 0.05) is 28.0 Å². The third-order valence-corrected chi connectivity index (χ3v) is 9.33. The molecule has 0 radical (unpaired) electrons. The largest absolute Gasteiger partial charge is 0.456 e. The van der Waals surface area contributed by atoms with Crippen LogP contribution in [0.25, 0.3) is 60.8 Å². The lowest BCUT2D eigenvalue weighted by atomic mass is 9.94. The lowest BCUT2D eigenvalue weighted by Gasteiger charge is -2.26. The molecule has 1 aromatic heterocycles. The maximum Gasteiger partial charge on any atom is 0.135 e. The van der Waals surface area contributed by atoms with Gasteiger partial charge < -0.3 is 9.32 Å². The number of para-hydroxylation sites is 1. The molecule has 46 heavy (non-hydrogen) atoms. The number of anilines is 3. The topological polar surface area (TPSA) is 16.4 Å². The highest BCUT2D eigenvalue weighted by Crippen LogP contribution is 2.40. The van der Waals surface area contributed by atoms with Crippen molar-refractivity contribution in [1.82, 2.24) is 0 Å². The van der Waals surface area contributed by atoms with Crippen LogP contribution in [0.3, 0.4) is 0 Å². The van der Waals surface area contributed by atoms with Crippen molar-refractivity contribution in [1.29, 1.82) is 0 Å². The van der Waals surface area contributed by atoms with Gasteiger partial charge in [0.1, 0.15) is 11.3 Å². The molecule has 0 spiro atoms. The molecule has 2 heteroatoms. The second-order valence-corrected chi connectivity index (χ2v) is 12.1. The first kappa shape index (κ1) is 26.5. The van der Waals surface area contributed by atoms with Crippen LogP contribution >= 0.6 is 0 Å². The number of aryl methyl sites for hydroxylation is 1. The van der Waals surface area contributed by atoms with Crippen LogP contribution in [-0.4, -0.2) is 0 Å². The molecule has 1 heterocycles. The second kappa shape index (κ2) is 10.9. The number of fused-ring (bicyclic) bond motifs is 6. The summed E-state index contributed by atoms with van der Waals surface area (Å²) in [5, 5.41) is 6.29. The Labute approximate surface area is 268 Å². The standard InChI is InChI=1S/C44H31NO/c1-2-11-35(12-3-1)45(37-26-21-32(22-27-37)39-15-8-10-31-9-4-5-13-38(31)39)36-24-19-30(20-25-36)34-18-17-33-23-28-43-44(41(33)29-34)40-14-6-7-16-42(40)46-43/h1-5,7-13,15-29H,6,14H2. The summed E-state index contributed by atoms with van der Waals surface area (Å²) in [5.41, 5.74) is 10.5. The van der Waals surface area contributed by atoms with Crippen molar-refractivity contribution in [3.63, 3.8) is 0 Å². The molecule has 218 valence electrons. The van der Waals surface area contributed by atoms with Crippen LogP contribution in [0, 0.1) is 0 Å². The minimum absolute atomic E-state index is 0.974. The zero-order valence-corrected chi connectivity index (χ0v) is 25.4. The minimum Gasteiger partial charge on any atom is -0.456 e. The van der Waals surface area contributed by atoms with E-state index in [4.69, 9.17) is 4.42 Å². The number of allylic oxidation sites excluding steroid dienone is 1. The third-order valence-electron chi connectivity index (χ3n) is 9.33. The van der Waals surface area contributed by atoms with E-state index in [1.54, 1.807) is 0 Å². The van der Waals surface area contributed by atoms with Gasteiger partial charge in [0.25, 0.3) is 0 Å². The first-order valence-corrected chi connectivity index (χ1v) is 16.0. The third kappa shape index (κ3) is 4.50. The predicted molar refractivity (Wildman–Crippen MR) is 194 cm³/mol. The van der Waals surface area contributed by atoms with E-state index in [0.717, 1.165) is 41.2 Å². The first-order chi connectivity index (χ1) is 22.8. The molecule has 0 unspecified atom stereocenters. The van der Waals surface area contributed by atoms with Gasteiger partial charge in [-0.2, -0.15) is 0 Å². The van der Waals surface area contributed by atoms with Crippen LogP contribution in [-0.2, 0) is 6.42 Å². The smallest absolute Gasteiger partial charge is 0.135 e. The van der Waals surface area contributed by atoms with Gasteiger partial charge in [-0.1, -0.05) is 109 Å². The fraction of sp³-hybridized carbons (Fsp3) is 0.0455. The summed E-state index contributed by atoms with van der Waals surface area (Å²) >= 11 is 0. The Bertz CT molecular complexity index is 2390. The van der Waals surface area contributed by atoms with E-state index < -0.39 is 0 Å². The van der Waals surface area contributed by atoms with Gasteiger partial charge in [-0.3, -0.25) is 0 Å². The van der Waals surface area contributed by atoms with Crippen molar-refractivity contribution < 1.29 is 4.42 Å². The van der Waals surface area contributed by atoms with Gasteiger partial charge in [0.2, 0.25) is 0 Å². The minimum atomic E-state index is 0.974. The van der Waals surface area contributed by atoms with Crippen molar-refractivity contribution in [2.75, 3.05) is 4.90 Å². The molecular formula is C44H31NO. The quantitative estimate of drug-likeness (QED) is 0.199. The van der Waals surface area contributed by atoms with Crippen molar-refractivity contribution in [2.24, 2.45) is 0 Å². The Kier molecular flexibility index (Phi) is 6.31. The van der Waals surface area contributed by atoms with Crippen molar-refractivity contribution >= 4 is 55.7 Å². The van der Waals surface area contributed by atoms with Gasteiger partial charge in [0.15, 0.2) is 0 Å². The second-order valence-electron chi connectivity index (χ2n) is 12.1. The number of hydrogen-bond acceptors (Lipinski definition) is 2. The molecule has 0 saturated heterocycles. The van der Waals surface area contributed by atoms with Gasteiger partial charge in [0.05, 0.1) is 0 Å². The van der Waals surface area contributed by atoms with E-state index in [1.807, 2.05) is 0 Å². The SMILES string of the molecule is C1=Cc2oc3ccc4ccc(-c5ccc(N(c6ccccc6)c6ccc(-c7cccc8ccccc78)cc6)cc5)cc4c3c2CC1. The normalized spacial score (nSPS) is 12.5.